The number of piperazine rings is 1. The molecular weight excluding hydrogens is 1240 g/mol. The number of likely N-dealkylation sites (tertiary alicyclic amines) is 1. The number of allylic oxidation sites excluding steroid dienone is 1. The van der Waals surface area contributed by atoms with Crippen LogP contribution in [0.4, 0.5) is 35.2 Å². The van der Waals surface area contributed by atoms with Gasteiger partial charge < -0.3 is 24.8 Å². The molecule has 4 fully saturated rings. The monoisotopic (exact) mass is 1310 g/mol. The van der Waals surface area contributed by atoms with Gasteiger partial charge in [0.2, 0.25) is 5.91 Å². The highest BCUT2D eigenvalue weighted by Gasteiger charge is 2.49. The Labute approximate surface area is 533 Å². The molecule has 1 aliphatic carbocycles. The number of hydrogen-bond acceptors (Lipinski definition) is 15. The van der Waals surface area contributed by atoms with Crippen molar-refractivity contribution in [2.75, 3.05) is 113 Å². The van der Waals surface area contributed by atoms with Gasteiger partial charge in [-0.15, -0.1) is 11.8 Å². The highest BCUT2D eigenvalue weighted by molar-refractivity contribution is 7.99. The number of carbonyl (C=O) groups is 3. The fourth-order valence-electron chi connectivity index (χ4n) is 13.2. The number of benzene rings is 5. The second kappa shape index (κ2) is 27.8. The highest BCUT2D eigenvalue weighted by atomic mass is 35.5. The molecule has 0 radical (unpaired) electrons. The third-order valence-corrected chi connectivity index (χ3v) is 22.4. The summed E-state index contributed by atoms with van der Waals surface area (Å²) < 4.78 is 107. The first kappa shape index (κ1) is 65.0. The van der Waals surface area contributed by atoms with Crippen LogP contribution in [-0.4, -0.2) is 168 Å². The summed E-state index contributed by atoms with van der Waals surface area (Å²) in [6, 6.07) is 31.9. The molecule has 3 N–H and O–H groups in total. The van der Waals surface area contributed by atoms with Crippen LogP contribution < -0.4 is 25.2 Å². The number of halogens is 4. The van der Waals surface area contributed by atoms with Crippen LogP contribution in [0.2, 0.25) is 5.02 Å². The summed E-state index contributed by atoms with van der Waals surface area (Å²) in [6.07, 6.45) is 6.41. The molecule has 90 heavy (non-hydrogen) atoms. The number of urea groups is 1. The van der Waals surface area contributed by atoms with Gasteiger partial charge >= 0.3 is 11.5 Å². The van der Waals surface area contributed by atoms with E-state index in [1.807, 2.05) is 54.2 Å². The average Bonchev–Trinajstić information content (AvgIpc) is 1.19. The van der Waals surface area contributed by atoms with Crippen molar-refractivity contribution < 1.29 is 49.1 Å². The number of anilines is 3. The number of sulfone groups is 1. The number of thioether (sulfide) groups is 1. The largest absolute Gasteiger partial charge is 0.501 e. The van der Waals surface area contributed by atoms with E-state index in [4.69, 9.17) is 21.4 Å². The van der Waals surface area contributed by atoms with Crippen LogP contribution in [0.3, 0.4) is 0 Å². The zero-order chi connectivity index (χ0) is 63.4. The van der Waals surface area contributed by atoms with Crippen molar-refractivity contribution in [3.63, 3.8) is 0 Å². The van der Waals surface area contributed by atoms with E-state index in [0.29, 0.717) is 74.4 Å². The summed E-state index contributed by atoms with van der Waals surface area (Å²) in [5, 5.41) is 11.7. The molecule has 2 atom stereocenters. The van der Waals surface area contributed by atoms with Gasteiger partial charge in [0.1, 0.15) is 4.90 Å². The van der Waals surface area contributed by atoms with Gasteiger partial charge in [-0.1, -0.05) is 60.5 Å². The number of imide groups is 1. The molecule has 0 spiro atoms. The minimum absolute atomic E-state index is 0.0214. The summed E-state index contributed by atoms with van der Waals surface area (Å²) in [5.74, 6) is -0.0431. The Balaban J connectivity index is 0.713. The van der Waals surface area contributed by atoms with Crippen LogP contribution in [-0.2, 0) is 36.4 Å². The second-order valence-corrected chi connectivity index (χ2v) is 29.6. The van der Waals surface area contributed by atoms with Gasteiger partial charge in [0.25, 0.3) is 25.8 Å². The van der Waals surface area contributed by atoms with E-state index in [0.717, 1.165) is 118 Å². The van der Waals surface area contributed by atoms with Crippen molar-refractivity contribution in [1.29, 1.82) is 0 Å². The van der Waals surface area contributed by atoms with Gasteiger partial charge in [-0.2, -0.15) is 18.3 Å². The number of piperidine rings is 1. The Morgan fingerprint density at radius 1 is 0.833 bits per heavy atom. The Bertz CT molecular complexity index is 3840. The lowest BCUT2D eigenvalue weighted by atomic mass is 9.70. The molecule has 11 rings (SSSR count). The zero-order valence-electron chi connectivity index (χ0n) is 50.5. The number of fused-ring (bicyclic) bond motifs is 1. The number of ether oxygens (including phenoxy) is 1. The SMILES string of the molecule is Cn1nc(N2CCC(=O)NC2=O)c2cc(C3CCN(C[C@]4(C)CCC(c5ccc(Cl)cc5)=C(CN5CCN(c6ccc(C(=O)NS(=O)(=O)c7ccc(N[C@H](CCN8CCCOCC8)CSc8ccccc8)c(S(=O)(=O)C(F)(F)F)c7)cc6)CC5)C4)CC3)ccc21. The predicted molar refractivity (Wildman–Crippen MR) is 345 cm³/mol. The van der Waals surface area contributed by atoms with Crippen LogP contribution >= 0.6 is 23.4 Å². The van der Waals surface area contributed by atoms with E-state index in [2.05, 4.69) is 67.5 Å². The minimum atomic E-state index is -6.10. The number of nitrogens with one attached hydrogen (secondary N) is 3. The molecule has 18 nitrogen and oxygen atoms in total. The standard InChI is InChI=1S/C65H76ClF3N10O8S3/c1-64(44-77-28-22-45(23-29-77)48-13-20-58-56(39-48)61(72-74(58)2)79-31-25-60(80)71-63(79)82)26-21-55(46-9-14-50(66)15-10-46)49(41-64)42-76-32-34-78(35-33-76)52-16-11-47(12-17-52)62(81)73-90(85,86)54-18-19-57(59(40-54)89(83,84)65(67,68)69)70-51(43-88-53-7-4-3-5-8-53)24-30-75-27-6-37-87-38-36-75/h3-5,7-20,39-40,45,51,70H,6,21-38,41-44H2,1-2H3,(H,73,81)(H,71,80,82)/t51-,64-/m1/s1. The normalized spacial score (nSPS) is 20.3. The lowest BCUT2D eigenvalue weighted by Gasteiger charge is -2.44. The number of nitrogens with zero attached hydrogens (tertiary/aromatic N) is 7. The molecule has 6 aromatic rings. The van der Waals surface area contributed by atoms with E-state index in [-0.39, 0.29) is 29.9 Å². The molecule has 0 unspecified atom stereocenters. The number of carbonyl (C=O) groups excluding carboxylic acids is 3. The molecule has 25 heteroatoms. The predicted octanol–water partition coefficient (Wildman–Crippen LogP) is 10.4. The maximum absolute atomic E-state index is 14.4. The third kappa shape index (κ3) is 15.3. The number of aromatic nitrogens is 2. The topological polar surface area (TPSA) is 199 Å². The molecule has 0 saturated carbocycles. The fourth-order valence-corrected chi connectivity index (χ4v) is 16.3. The first-order chi connectivity index (χ1) is 43.1. The molecule has 0 bridgehead atoms. The molecule has 4 amide bonds. The Hall–Kier alpha value is -6.51. The molecule has 480 valence electrons. The van der Waals surface area contributed by atoms with E-state index in [1.54, 1.807) is 21.7 Å². The van der Waals surface area contributed by atoms with Crippen molar-refractivity contribution in [1.82, 2.24) is 34.5 Å². The Morgan fingerprint density at radius 2 is 1.58 bits per heavy atom. The number of amides is 4. The first-order valence-corrected chi connectivity index (χ1v) is 35.0. The van der Waals surface area contributed by atoms with Crippen molar-refractivity contribution >= 4 is 94.7 Å². The van der Waals surface area contributed by atoms with E-state index in [9.17, 15) is 44.4 Å². The minimum Gasteiger partial charge on any atom is -0.380 e. The molecule has 4 aliphatic heterocycles. The second-order valence-electron chi connectivity index (χ2n) is 24.5. The van der Waals surface area contributed by atoms with Crippen molar-refractivity contribution in [2.45, 2.75) is 90.4 Å². The highest BCUT2D eigenvalue weighted by Crippen LogP contribution is 2.45. The maximum Gasteiger partial charge on any atom is 0.501 e. The van der Waals surface area contributed by atoms with E-state index < -0.39 is 58.8 Å². The smallest absolute Gasteiger partial charge is 0.380 e. The Morgan fingerprint density at radius 3 is 2.30 bits per heavy atom. The van der Waals surface area contributed by atoms with Gasteiger partial charge in [-0.25, -0.2) is 26.4 Å². The van der Waals surface area contributed by atoms with Crippen LogP contribution in [0.5, 0.6) is 0 Å². The quantitative estimate of drug-likeness (QED) is 0.0610. The molecule has 5 heterocycles. The molecule has 5 aromatic carbocycles. The number of rotatable bonds is 20. The number of sulfonamides is 1. The number of alkyl halides is 3. The van der Waals surface area contributed by atoms with Crippen LogP contribution in [0.25, 0.3) is 16.5 Å². The molecule has 5 aliphatic rings. The summed E-state index contributed by atoms with van der Waals surface area (Å²) in [7, 11) is -9.12. The fraction of sp³-hybridized carbons (Fsp3) is 0.446. The third-order valence-electron chi connectivity index (χ3n) is 18.1. The summed E-state index contributed by atoms with van der Waals surface area (Å²) in [4.78, 5) is 48.2. The molecule has 4 saturated heterocycles. The number of hydrogen-bond donors (Lipinski definition) is 3. The van der Waals surface area contributed by atoms with Crippen LogP contribution in [0.15, 0.2) is 136 Å². The molecular formula is C65H76ClF3N10O8S3. The van der Waals surface area contributed by atoms with E-state index >= 15 is 0 Å². The first-order valence-electron chi connectivity index (χ1n) is 30.7. The summed E-state index contributed by atoms with van der Waals surface area (Å²) in [6.45, 7) is 12.5. The van der Waals surface area contributed by atoms with Gasteiger partial charge in [0.15, 0.2) is 5.82 Å². The van der Waals surface area contributed by atoms with Gasteiger partial charge in [0, 0.05) is 124 Å². The van der Waals surface area contributed by atoms with Gasteiger partial charge in [-0.3, -0.25) is 29.4 Å². The number of aryl methyl sites for hydroxylation is 1. The lowest BCUT2D eigenvalue weighted by molar-refractivity contribution is -0.120. The van der Waals surface area contributed by atoms with Crippen LogP contribution in [0, 0.1) is 5.41 Å². The summed E-state index contributed by atoms with van der Waals surface area (Å²) in [5.41, 5.74) is 0.796. The van der Waals surface area contributed by atoms with Crippen LogP contribution in [0.1, 0.15) is 85.7 Å². The zero-order valence-corrected chi connectivity index (χ0v) is 53.7. The van der Waals surface area contributed by atoms with Gasteiger partial charge in [0.05, 0.1) is 22.7 Å². The maximum atomic E-state index is 14.4. The van der Waals surface area contributed by atoms with E-state index in [1.165, 1.54) is 46.2 Å². The van der Waals surface area contributed by atoms with Crippen molar-refractivity contribution in [2.24, 2.45) is 12.5 Å². The Kier molecular flexibility index (Phi) is 20.0. The van der Waals surface area contributed by atoms with Crippen molar-refractivity contribution in [3.05, 3.63) is 143 Å². The summed E-state index contributed by atoms with van der Waals surface area (Å²) >= 11 is 7.84. The van der Waals surface area contributed by atoms with Gasteiger partial charge in [-0.05, 0) is 165 Å². The lowest BCUT2D eigenvalue weighted by Crippen LogP contribution is -2.49. The average molecular weight is 1310 g/mol. The molecule has 1 aromatic heterocycles. The van der Waals surface area contributed by atoms with Crippen molar-refractivity contribution in [3.8, 4) is 0 Å².